The van der Waals surface area contributed by atoms with Crippen molar-refractivity contribution in [3.63, 3.8) is 0 Å². The standard InChI is InChI=1S/C28H36FN3O5Si/c1-7-36-26(33)18-12-14-31(15-13-18)24-11-9-21(25(29)30-24)23-17-19-16-20(37-38(5,6)28(2,3)4)8-10-22(19)32(23)27(34)35/h8-11,16-18H,7,12-15H2,1-6H3,(H,34,35). The monoisotopic (exact) mass is 541 g/mol. The number of anilines is 1. The molecule has 0 radical (unpaired) electrons. The molecule has 1 aromatic carbocycles. The van der Waals surface area contributed by atoms with Crippen molar-refractivity contribution < 1.29 is 28.2 Å². The number of aromatic nitrogens is 2. The van der Waals surface area contributed by atoms with Crippen molar-refractivity contribution in [2.24, 2.45) is 5.92 Å². The third-order valence-corrected chi connectivity index (χ3v) is 12.1. The van der Waals surface area contributed by atoms with Gasteiger partial charge in [-0.25, -0.2) is 14.3 Å². The van der Waals surface area contributed by atoms with Crippen LogP contribution in [-0.2, 0) is 9.53 Å². The van der Waals surface area contributed by atoms with Crippen molar-refractivity contribution in [1.29, 1.82) is 0 Å². The van der Waals surface area contributed by atoms with E-state index in [4.69, 9.17) is 9.16 Å². The molecule has 1 aliphatic heterocycles. The fourth-order valence-corrected chi connectivity index (χ4v) is 5.53. The summed E-state index contributed by atoms with van der Waals surface area (Å²) < 4.78 is 28.0. The molecule has 1 aliphatic rings. The van der Waals surface area contributed by atoms with E-state index in [2.05, 4.69) is 38.8 Å². The lowest BCUT2D eigenvalue weighted by molar-refractivity contribution is -0.148. The Hall–Kier alpha value is -3.40. The SMILES string of the molecule is CCOC(=O)C1CCN(c2ccc(-c3cc4cc(O[Si](C)(C)C(C)(C)C)ccc4n3C(=O)O)c(F)n2)CC1. The third kappa shape index (κ3) is 5.40. The molecule has 38 heavy (non-hydrogen) atoms. The predicted octanol–water partition coefficient (Wildman–Crippen LogP) is 6.53. The van der Waals surface area contributed by atoms with Crippen LogP contribution in [0.4, 0.5) is 15.0 Å². The molecule has 0 saturated carbocycles. The number of pyridine rings is 1. The molecule has 3 aromatic rings. The number of fused-ring (bicyclic) bond motifs is 1. The van der Waals surface area contributed by atoms with Crippen LogP contribution in [0.15, 0.2) is 36.4 Å². The lowest BCUT2D eigenvalue weighted by atomic mass is 9.97. The number of carboxylic acid groups (broad SMARTS) is 1. The molecule has 0 bridgehead atoms. The summed E-state index contributed by atoms with van der Waals surface area (Å²) in [5.41, 5.74) is 0.745. The molecule has 0 atom stereocenters. The summed E-state index contributed by atoms with van der Waals surface area (Å²) in [5, 5.41) is 10.6. The highest BCUT2D eigenvalue weighted by Gasteiger charge is 2.39. The average molecular weight is 542 g/mol. The molecular formula is C28H36FN3O5Si. The number of carbonyl (C=O) groups excluding carboxylic acids is 1. The maximum atomic E-state index is 15.4. The van der Waals surface area contributed by atoms with Gasteiger partial charge in [0.05, 0.1) is 29.3 Å². The number of rotatable bonds is 6. The van der Waals surface area contributed by atoms with E-state index in [1.165, 1.54) is 0 Å². The number of carbonyl (C=O) groups is 2. The van der Waals surface area contributed by atoms with E-state index >= 15 is 4.39 Å². The van der Waals surface area contributed by atoms with Gasteiger partial charge in [-0.2, -0.15) is 4.39 Å². The zero-order valence-corrected chi connectivity index (χ0v) is 23.9. The Morgan fingerprint density at radius 3 is 2.39 bits per heavy atom. The van der Waals surface area contributed by atoms with Gasteiger partial charge in [-0.1, -0.05) is 20.8 Å². The van der Waals surface area contributed by atoms with E-state index in [9.17, 15) is 14.7 Å². The van der Waals surface area contributed by atoms with Gasteiger partial charge in [-0.15, -0.1) is 0 Å². The number of esters is 1. The zero-order chi connectivity index (χ0) is 27.8. The summed E-state index contributed by atoms with van der Waals surface area (Å²) >= 11 is 0. The van der Waals surface area contributed by atoms with Crippen LogP contribution in [0.25, 0.3) is 22.2 Å². The van der Waals surface area contributed by atoms with Gasteiger partial charge >= 0.3 is 12.1 Å². The lowest BCUT2D eigenvalue weighted by Gasteiger charge is -2.36. The summed E-state index contributed by atoms with van der Waals surface area (Å²) in [6.07, 6.45) is 0.00454. The van der Waals surface area contributed by atoms with E-state index in [-0.39, 0.29) is 28.2 Å². The second-order valence-corrected chi connectivity index (χ2v) is 16.0. The van der Waals surface area contributed by atoms with Gasteiger partial charge in [0.25, 0.3) is 0 Å². The van der Waals surface area contributed by atoms with Crippen molar-refractivity contribution in [1.82, 2.24) is 9.55 Å². The maximum absolute atomic E-state index is 15.4. The Balaban J connectivity index is 1.62. The Bertz CT molecular complexity index is 1360. The summed E-state index contributed by atoms with van der Waals surface area (Å²) in [6.45, 7) is 14.0. The Morgan fingerprint density at radius 2 is 1.82 bits per heavy atom. The number of hydrogen-bond acceptors (Lipinski definition) is 6. The lowest BCUT2D eigenvalue weighted by Crippen LogP contribution is -2.43. The van der Waals surface area contributed by atoms with Crippen molar-refractivity contribution >= 4 is 37.1 Å². The summed E-state index contributed by atoms with van der Waals surface area (Å²) in [6, 6.07) is 10.2. The molecule has 1 fully saturated rings. The van der Waals surface area contributed by atoms with E-state index in [1.54, 1.807) is 37.3 Å². The van der Waals surface area contributed by atoms with Crippen molar-refractivity contribution in [2.45, 2.75) is 58.7 Å². The first-order valence-electron chi connectivity index (χ1n) is 13.0. The highest BCUT2D eigenvalue weighted by molar-refractivity contribution is 6.74. The molecule has 3 heterocycles. The first-order valence-corrected chi connectivity index (χ1v) is 15.9. The maximum Gasteiger partial charge on any atom is 0.416 e. The van der Waals surface area contributed by atoms with E-state index < -0.39 is 20.4 Å². The van der Waals surface area contributed by atoms with Crippen LogP contribution in [0, 0.1) is 11.9 Å². The van der Waals surface area contributed by atoms with Crippen LogP contribution < -0.4 is 9.33 Å². The van der Waals surface area contributed by atoms with Crippen molar-refractivity contribution in [3.05, 3.63) is 42.3 Å². The Kier molecular flexibility index (Phi) is 7.56. The third-order valence-electron chi connectivity index (χ3n) is 7.69. The molecule has 10 heteroatoms. The number of ether oxygens (including phenoxy) is 1. The molecule has 0 amide bonds. The summed E-state index contributed by atoms with van der Waals surface area (Å²) in [4.78, 5) is 30.3. The Labute approximate surface area is 223 Å². The number of benzene rings is 1. The number of halogens is 1. The first-order chi connectivity index (χ1) is 17.8. The molecular weight excluding hydrogens is 505 g/mol. The van der Waals surface area contributed by atoms with Crippen molar-refractivity contribution in [2.75, 3.05) is 24.6 Å². The summed E-state index contributed by atoms with van der Waals surface area (Å²) in [5.74, 6) is 0.0149. The van der Waals surface area contributed by atoms with Crippen molar-refractivity contribution in [3.8, 4) is 17.0 Å². The zero-order valence-electron chi connectivity index (χ0n) is 22.9. The van der Waals surface area contributed by atoms with Gasteiger partial charge < -0.3 is 19.2 Å². The predicted molar refractivity (Wildman–Crippen MR) is 148 cm³/mol. The molecule has 4 rings (SSSR count). The Morgan fingerprint density at radius 1 is 1.13 bits per heavy atom. The number of nitrogens with zero attached hydrogens (tertiary/aromatic N) is 3. The average Bonchev–Trinajstić information content (AvgIpc) is 3.22. The van der Waals surface area contributed by atoms with E-state index in [0.717, 1.165) is 4.57 Å². The fourth-order valence-electron chi connectivity index (χ4n) is 4.51. The van der Waals surface area contributed by atoms with Gasteiger partial charge in [0, 0.05) is 18.5 Å². The molecule has 204 valence electrons. The molecule has 0 aliphatic carbocycles. The van der Waals surface area contributed by atoms with Crippen LogP contribution in [0.1, 0.15) is 40.5 Å². The van der Waals surface area contributed by atoms with Gasteiger partial charge in [0.2, 0.25) is 14.3 Å². The van der Waals surface area contributed by atoms with Gasteiger partial charge in [0.15, 0.2) is 0 Å². The second kappa shape index (κ2) is 10.4. The fraction of sp³-hybridized carbons (Fsp3) is 0.464. The smallest absolute Gasteiger partial charge is 0.416 e. The molecule has 8 nitrogen and oxygen atoms in total. The van der Waals surface area contributed by atoms with Crippen LogP contribution in [-0.4, -0.2) is 54.7 Å². The largest absolute Gasteiger partial charge is 0.543 e. The van der Waals surface area contributed by atoms with E-state index in [0.29, 0.717) is 55.0 Å². The molecule has 0 spiro atoms. The normalized spacial score (nSPS) is 15.1. The molecule has 0 unspecified atom stereocenters. The number of piperidine rings is 1. The van der Waals surface area contributed by atoms with E-state index in [1.807, 2.05) is 11.0 Å². The van der Waals surface area contributed by atoms with Crippen LogP contribution >= 0.6 is 0 Å². The summed E-state index contributed by atoms with van der Waals surface area (Å²) in [7, 11) is -2.10. The van der Waals surface area contributed by atoms with Crippen LogP contribution in [0.2, 0.25) is 18.1 Å². The topological polar surface area (TPSA) is 93.9 Å². The molecule has 2 aromatic heterocycles. The second-order valence-electron chi connectivity index (χ2n) is 11.3. The number of hydrogen-bond donors (Lipinski definition) is 1. The quantitative estimate of drug-likeness (QED) is 0.215. The minimum absolute atomic E-state index is 0.00470. The minimum atomic E-state index is -2.10. The highest BCUT2D eigenvalue weighted by atomic mass is 28.4. The van der Waals surface area contributed by atoms with Gasteiger partial charge in [-0.05, 0) is 74.3 Å². The first kappa shape index (κ1) is 27.6. The van der Waals surface area contributed by atoms with Gasteiger partial charge in [-0.3, -0.25) is 4.79 Å². The molecule has 1 N–H and O–H groups in total. The van der Waals surface area contributed by atoms with Gasteiger partial charge in [0.1, 0.15) is 11.6 Å². The van der Waals surface area contributed by atoms with Crippen LogP contribution in [0.5, 0.6) is 5.75 Å². The minimum Gasteiger partial charge on any atom is -0.543 e. The van der Waals surface area contributed by atoms with Crippen LogP contribution in [0.3, 0.4) is 0 Å². The molecule has 1 saturated heterocycles. The highest BCUT2D eigenvalue weighted by Crippen LogP contribution is 2.39.